The minimum absolute atomic E-state index is 0.182. The van der Waals surface area contributed by atoms with Gasteiger partial charge in [0.25, 0.3) is 0 Å². The maximum absolute atomic E-state index is 14.6. The number of halogens is 2. The molecule has 0 aliphatic rings. The van der Waals surface area contributed by atoms with E-state index in [-0.39, 0.29) is 12.1 Å². The molecule has 8 nitrogen and oxygen atoms in total. The summed E-state index contributed by atoms with van der Waals surface area (Å²) in [5.41, 5.74) is -2.07. The van der Waals surface area contributed by atoms with Gasteiger partial charge in [0.15, 0.2) is 0 Å². The van der Waals surface area contributed by atoms with Crippen LogP contribution in [-0.2, 0) is 12.1 Å². The number of aliphatic hydroxyl groups is 1. The Balaban J connectivity index is 1.88. The number of benzene rings is 1. The highest BCUT2D eigenvalue weighted by Gasteiger charge is 2.41. The van der Waals surface area contributed by atoms with Crippen LogP contribution in [0.4, 0.5) is 8.78 Å². The molecule has 1 N–H and O–H groups in total. The molecule has 0 radical (unpaired) electrons. The summed E-state index contributed by atoms with van der Waals surface area (Å²) in [7, 11) is 0. The highest BCUT2D eigenvalue weighted by atomic mass is 19.1. The second-order valence-corrected chi connectivity index (χ2v) is 6.49. The van der Waals surface area contributed by atoms with Crippen molar-refractivity contribution in [3.05, 3.63) is 83.1 Å². The Morgan fingerprint density at radius 3 is 2.79 bits per heavy atom. The quantitative estimate of drug-likeness (QED) is 0.562. The van der Waals surface area contributed by atoms with Crippen molar-refractivity contribution in [1.29, 1.82) is 0 Å². The van der Waals surface area contributed by atoms with Gasteiger partial charge in [-0.25, -0.2) is 27.9 Å². The average Bonchev–Trinajstić information content (AvgIpc) is 3.33. The molecule has 4 aromatic rings. The molecular formula is C18H16F2N6O2. The van der Waals surface area contributed by atoms with Crippen LogP contribution in [0.25, 0.3) is 5.52 Å². The van der Waals surface area contributed by atoms with Gasteiger partial charge in [0.2, 0.25) is 0 Å². The third kappa shape index (κ3) is 2.87. The molecule has 0 saturated carbocycles. The number of hydrogen-bond acceptors (Lipinski definition) is 5. The number of hydrogen-bond donors (Lipinski definition) is 1. The first-order chi connectivity index (χ1) is 13.4. The van der Waals surface area contributed by atoms with E-state index in [4.69, 9.17) is 0 Å². The minimum atomic E-state index is -1.97. The second-order valence-electron chi connectivity index (χ2n) is 6.49. The molecule has 0 bridgehead atoms. The van der Waals surface area contributed by atoms with E-state index in [1.54, 1.807) is 18.3 Å². The first kappa shape index (κ1) is 18.0. The number of fused-ring (bicyclic) bond motifs is 1. The summed E-state index contributed by atoms with van der Waals surface area (Å²) >= 11 is 0. The van der Waals surface area contributed by atoms with Crippen molar-refractivity contribution in [1.82, 2.24) is 28.9 Å². The molecule has 0 aliphatic carbocycles. The standard InChI is InChI=1S/C18H16F2N6O2/c1-12(26-17(27)25-6-2-3-14(25)8-22-26)18(28,9-24-11-21-10-23-24)15-5-4-13(19)7-16(15)20/h2-8,10-12,28H,9H2,1H3/t12-,18?/m1/s1. The molecule has 2 atom stereocenters. The molecule has 0 aliphatic heterocycles. The Hall–Kier alpha value is -3.40. The molecule has 3 heterocycles. The van der Waals surface area contributed by atoms with E-state index in [0.29, 0.717) is 11.6 Å². The van der Waals surface area contributed by atoms with Gasteiger partial charge in [-0.15, -0.1) is 0 Å². The van der Waals surface area contributed by atoms with Crippen molar-refractivity contribution in [3.8, 4) is 0 Å². The molecule has 3 aromatic heterocycles. The van der Waals surface area contributed by atoms with E-state index in [0.717, 1.165) is 16.8 Å². The lowest BCUT2D eigenvalue weighted by Gasteiger charge is -2.34. The van der Waals surface area contributed by atoms with Crippen LogP contribution >= 0.6 is 0 Å². The van der Waals surface area contributed by atoms with E-state index >= 15 is 0 Å². The maximum atomic E-state index is 14.6. The van der Waals surface area contributed by atoms with E-state index < -0.39 is 29.0 Å². The van der Waals surface area contributed by atoms with Gasteiger partial charge in [0.05, 0.1) is 24.3 Å². The Morgan fingerprint density at radius 1 is 1.25 bits per heavy atom. The normalized spacial score (nSPS) is 14.9. The minimum Gasteiger partial charge on any atom is -0.381 e. The van der Waals surface area contributed by atoms with Crippen LogP contribution in [-0.4, -0.2) is 34.1 Å². The number of rotatable bonds is 5. The average molecular weight is 386 g/mol. The Morgan fingerprint density at radius 2 is 2.07 bits per heavy atom. The summed E-state index contributed by atoms with van der Waals surface area (Å²) < 4.78 is 31.7. The summed E-state index contributed by atoms with van der Waals surface area (Å²) in [5.74, 6) is -1.72. The number of nitrogens with zero attached hydrogens (tertiary/aromatic N) is 6. The van der Waals surface area contributed by atoms with Gasteiger partial charge in [-0.2, -0.15) is 10.2 Å². The lowest BCUT2D eigenvalue weighted by molar-refractivity contribution is -0.0390. The molecule has 1 aromatic carbocycles. The highest BCUT2D eigenvalue weighted by Crippen LogP contribution is 2.35. The van der Waals surface area contributed by atoms with Crippen molar-refractivity contribution in [3.63, 3.8) is 0 Å². The lowest BCUT2D eigenvalue weighted by atomic mass is 9.86. The van der Waals surface area contributed by atoms with E-state index in [9.17, 15) is 18.7 Å². The third-order valence-electron chi connectivity index (χ3n) is 4.82. The molecule has 1 unspecified atom stereocenters. The predicted molar refractivity (Wildman–Crippen MR) is 94.4 cm³/mol. The molecule has 0 fully saturated rings. The third-order valence-corrected chi connectivity index (χ3v) is 4.82. The van der Waals surface area contributed by atoms with Gasteiger partial charge >= 0.3 is 5.69 Å². The SMILES string of the molecule is C[C@@H](n1ncc2cccn2c1=O)C(O)(Cn1cncn1)c1ccc(F)cc1F. The van der Waals surface area contributed by atoms with Crippen LogP contribution in [0.2, 0.25) is 0 Å². The molecule has 10 heteroatoms. The van der Waals surface area contributed by atoms with Crippen LogP contribution < -0.4 is 5.69 Å². The molecule has 28 heavy (non-hydrogen) atoms. The van der Waals surface area contributed by atoms with Crippen LogP contribution in [0.3, 0.4) is 0 Å². The molecule has 0 spiro atoms. The summed E-state index contributed by atoms with van der Waals surface area (Å²) in [6, 6.07) is 5.26. The summed E-state index contributed by atoms with van der Waals surface area (Å²) in [6.07, 6.45) is 5.65. The van der Waals surface area contributed by atoms with Crippen molar-refractivity contribution < 1.29 is 13.9 Å². The molecule has 0 saturated heterocycles. The number of aromatic nitrogens is 6. The molecular weight excluding hydrogens is 370 g/mol. The van der Waals surface area contributed by atoms with Crippen molar-refractivity contribution in [2.24, 2.45) is 0 Å². The van der Waals surface area contributed by atoms with Gasteiger partial charge in [-0.3, -0.25) is 4.40 Å². The lowest BCUT2D eigenvalue weighted by Crippen LogP contribution is -2.45. The monoisotopic (exact) mass is 386 g/mol. The highest BCUT2D eigenvalue weighted by molar-refractivity contribution is 5.43. The van der Waals surface area contributed by atoms with Gasteiger partial charge in [-0.05, 0) is 25.1 Å². The largest absolute Gasteiger partial charge is 0.381 e. The van der Waals surface area contributed by atoms with Gasteiger partial charge in [-0.1, -0.05) is 6.07 Å². The van der Waals surface area contributed by atoms with Gasteiger partial charge in [0, 0.05) is 17.8 Å². The van der Waals surface area contributed by atoms with Crippen LogP contribution in [0.15, 0.2) is 60.2 Å². The predicted octanol–water partition coefficient (Wildman–Crippen LogP) is 1.51. The van der Waals surface area contributed by atoms with E-state index in [1.165, 1.54) is 34.9 Å². The Labute approximate surface area is 157 Å². The van der Waals surface area contributed by atoms with Crippen LogP contribution in [0.1, 0.15) is 18.5 Å². The molecule has 0 amide bonds. The summed E-state index contributed by atoms with van der Waals surface area (Å²) in [5, 5.41) is 19.6. The Bertz CT molecular complexity index is 1190. The topological polar surface area (TPSA) is 90.2 Å². The van der Waals surface area contributed by atoms with Crippen LogP contribution in [0, 0.1) is 11.6 Å². The zero-order valence-corrected chi connectivity index (χ0v) is 14.8. The van der Waals surface area contributed by atoms with Crippen molar-refractivity contribution >= 4 is 5.52 Å². The van der Waals surface area contributed by atoms with Gasteiger partial charge < -0.3 is 5.11 Å². The van der Waals surface area contributed by atoms with Crippen molar-refractivity contribution in [2.45, 2.75) is 25.1 Å². The fourth-order valence-electron chi connectivity index (χ4n) is 3.27. The van der Waals surface area contributed by atoms with Crippen LogP contribution in [0.5, 0.6) is 0 Å². The fraction of sp³-hybridized carbons (Fsp3) is 0.222. The van der Waals surface area contributed by atoms with Crippen molar-refractivity contribution in [2.75, 3.05) is 0 Å². The zero-order valence-electron chi connectivity index (χ0n) is 14.8. The maximum Gasteiger partial charge on any atom is 0.349 e. The second kappa shape index (κ2) is 6.64. The van der Waals surface area contributed by atoms with Gasteiger partial charge in [0.1, 0.15) is 29.9 Å². The molecule has 4 rings (SSSR count). The summed E-state index contributed by atoms with van der Waals surface area (Å²) in [4.78, 5) is 16.6. The van der Waals surface area contributed by atoms with E-state index in [1.807, 2.05) is 0 Å². The fourth-order valence-corrected chi connectivity index (χ4v) is 3.27. The van der Waals surface area contributed by atoms with E-state index in [2.05, 4.69) is 15.2 Å². The zero-order chi connectivity index (χ0) is 19.9. The molecule has 144 valence electrons. The first-order valence-electron chi connectivity index (χ1n) is 8.45. The Kier molecular flexibility index (Phi) is 4.27. The summed E-state index contributed by atoms with van der Waals surface area (Å²) in [6.45, 7) is 1.30. The smallest absolute Gasteiger partial charge is 0.349 e. The first-order valence-corrected chi connectivity index (χ1v) is 8.45.